The lowest BCUT2D eigenvalue weighted by Gasteiger charge is -2.40. The van der Waals surface area contributed by atoms with Crippen molar-refractivity contribution in [3.63, 3.8) is 0 Å². The number of aliphatic imine (C=N–C) groups is 1. The third kappa shape index (κ3) is 9.34. The highest BCUT2D eigenvalue weighted by atomic mass is 28.4. The summed E-state index contributed by atoms with van der Waals surface area (Å²) in [6.07, 6.45) is 8.95. The molecule has 3 aliphatic rings. The van der Waals surface area contributed by atoms with Crippen LogP contribution in [0.25, 0.3) is 0 Å². The first-order valence-electron chi connectivity index (χ1n) is 17.5. The fraction of sp³-hybridized carbons (Fsp3) is 0.595. The summed E-state index contributed by atoms with van der Waals surface area (Å²) < 4.78 is 12.4. The number of carbonyl (C=O) groups is 4. The van der Waals surface area contributed by atoms with Gasteiger partial charge in [0.2, 0.25) is 11.8 Å². The molecule has 0 bridgehead atoms. The van der Waals surface area contributed by atoms with Gasteiger partial charge in [-0.1, -0.05) is 57.2 Å². The number of hydrazine groups is 1. The molecule has 49 heavy (non-hydrogen) atoms. The van der Waals surface area contributed by atoms with E-state index in [1.165, 1.54) is 5.01 Å². The Morgan fingerprint density at radius 2 is 1.92 bits per heavy atom. The molecular weight excluding hydrogens is 639 g/mol. The summed E-state index contributed by atoms with van der Waals surface area (Å²) in [5.41, 5.74) is 5.02. The molecule has 1 aromatic carbocycles. The van der Waals surface area contributed by atoms with Gasteiger partial charge in [-0.05, 0) is 87.7 Å². The van der Waals surface area contributed by atoms with Crippen molar-refractivity contribution in [2.24, 2.45) is 4.99 Å². The monoisotopic (exact) mass is 693 g/mol. The quantitative estimate of drug-likeness (QED) is 0.153. The van der Waals surface area contributed by atoms with Crippen LogP contribution in [0, 0.1) is 0 Å². The molecule has 2 heterocycles. The summed E-state index contributed by atoms with van der Waals surface area (Å²) in [5, 5.41) is 7.15. The van der Waals surface area contributed by atoms with Gasteiger partial charge in [0.15, 0.2) is 8.32 Å². The second kappa shape index (κ2) is 15.5. The zero-order chi connectivity index (χ0) is 36.1. The highest BCUT2D eigenvalue weighted by Crippen LogP contribution is 2.39. The van der Waals surface area contributed by atoms with E-state index in [-0.39, 0.29) is 29.3 Å². The molecule has 1 saturated carbocycles. The number of benzene rings is 1. The molecule has 0 spiro atoms. The number of fused-ring (bicyclic) bond motifs is 1. The zero-order valence-electron chi connectivity index (χ0n) is 30.4. The normalized spacial score (nSPS) is 22.0. The highest BCUT2D eigenvalue weighted by molar-refractivity contribution is 6.74. The Morgan fingerprint density at radius 1 is 1.20 bits per heavy atom. The van der Waals surface area contributed by atoms with Gasteiger partial charge in [-0.3, -0.25) is 29.2 Å². The number of nitrogens with one attached hydrogen (secondary N) is 3. The van der Waals surface area contributed by atoms with E-state index in [2.05, 4.69) is 61.5 Å². The summed E-state index contributed by atoms with van der Waals surface area (Å²) in [7, 11) is -2.29. The fourth-order valence-electron chi connectivity index (χ4n) is 5.86. The van der Waals surface area contributed by atoms with Crippen LogP contribution in [-0.4, -0.2) is 79.5 Å². The lowest BCUT2D eigenvalue weighted by atomic mass is 9.94. The van der Waals surface area contributed by atoms with Crippen molar-refractivity contribution < 1.29 is 28.3 Å². The number of amides is 3. The number of esters is 1. The maximum atomic E-state index is 13.9. The predicted octanol–water partition coefficient (Wildman–Crippen LogP) is 4.83. The number of ether oxygens (including phenoxy) is 1. The predicted molar refractivity (Wildman–Crippen MR) is 193 cm³/mol. The van der Waals surface area contributed by atoms with Gasteiger partial charge < -0.3 is 19.8 Å². The molecule has 268 valence electrons. The van der Waals surface area contributed by atoms with Crippen LogP contribution < -0.4 is 16.1 Å². The van der Waals surface area contributed by atoms with Gasteiger partial charge in [-0.2, -0.15) is 0 Å². The van der Waals surface area contributed by atoms with Crippen LogP contribution in [-0.2, 0) is 34.8 Å². The van der Waals surface area contributed by atoms with Crippen molar-refractivity contribution in [3.8, 4) is 0 Å². The molecule has 2 aliphatic heterocycles. The van der Waals surface area contributed by atoms with Gasteiger partial charge in [0.1, 0.15) is 23.7 Å². The second-order valence-electron chi connectivity index (χ2n) is 15.1. The van der Waals surface area contributed by atoms with Crippen LogP contribution in [0.3, 0.4) is 0 Å². The van der Waals surface area contributed by atoms with Crippen molar-refractivity contribution in [1.82, 2.24) is 21.1 Å². The molecule has 12 heteroatoms. The summed E-state index contributed by atoms with van der Waals surface area (Å²) in [6.45, 7) is 20.2. The van der Waals surface area contributed by atoms with Crippen molar-refractivity contribution in [2.45, 2.75) is 134 Å². The Labute approximate surface area is 292 Å². The van der Waals surface area contributed by atoms with Gasteiger partial charge in [-0.15, -0.1) is 6.58 Å². The van der Waals surface area contributed by atoms with Gasteiger partial charge in [0, 0.05) is 19.2 Å². The van der Waals surface area contributed by atoms with Crippen LogP contribution in [0.1, 0.15) is 96.4 Å². The van der Waals surface area contributed by atoms with Gasteiger partial charge in [0.05, 0.1) is 12.1 Å². The van der Waals surface area contributed by atoms with E-state index < -0.39 is 50.0 Å². The molecule has 2 fully saturated rings. The van der Waals surface area contributed by atoms with Crippen LogP contribution >= 0.6 is 0 Å². The lowest BCUT2D eigenvalue weighted by molar-refractivity contribution is -0.157. The lowest BCUT2D eigenvalue weighted by Crippen LogP contribution is -2.63. The number of hydrogen-bond donors (Lipinski definition) is 3. The highest BCUT2D eigenvalue weighted by Gasteiger charge is 2.55. The molecule has 0 aromatic heterocycles. The van der Waals surface area contributed by atoms with Gasteiger partial charge in [-0.25, -0.2) is 5.43 Å². The number of nitrogens with zero attached hydrogens (tertiary/aromatic N) is 2. The number of hydrogen-bond acceptors (Lipinski definition) is 8. The number of carbonyl (C=O) groups excluding carboxylic acids is 4. The van der Waals surface area contributed by atoms with E-state index in [0.29, 0.717) is 32.2 Å². The molecule has 1 aromatic rings. The van der Waals surface area contributed by atoms with E-state index in [9.17, 15) is 19.2 Å². The minimum atomic E-state index is -2.29. The fourth-order valence-corrected chi connectivity index (χ4v) is 7.28. The zero-order valence-corrected chi connectivity index (χ0v) is 31.4. The molecule has 3 N–H and O–H groups in total. The van der Waals surface area contributed by atoms with Gasteiger partial charge >= 0.3 is 5.97 Å². The summed E-state index contributed by atoms with van der Waals surface area (Å²) in [6, 6.07) is 4.30. The standard InChI is InChI=1S/C37H55N5O6Si/c1-10-12-15-31(43)39-32(25(4)48-49(8,9)36(5,6)7)33(44)40-37(18-19-37)35(46)42-20-13-14-30(41-42)34(45)47-24(3)26-16-17-27-23-38-29(11-2)22-28(27)21-26/h10-12,16-17,21,23-25,29-30,32,41H,2,13-15,18-20,22H2,1,3-9H3,(H,39,43)(H,40,44)/b12-10+/t24-,25?,29?,30?,32+/m1/s1. The molecular formula is C37H55N5O6Si. The van der Waals surface area contributed by atoms with E-state index in [1.54, 1.807) is 19.1 Å². The van der Waals surface area contributed by atoms with Crippen molar-refractivity contribution in [3.05, 3.63) is 59.7 Å². The van der Waals surface area contributed by atoms with Crippen LogP contribution in [0.4, 0.5) is 0 Å². The van der Waals surface area contributed by atoms with E-state index in [1.807, 2.05) is 44.3 Å². The summed E-state index contributed by atoms with van der Waals surface area (Å²) in [4.78, 5) is 58.3. The maximum Gasteiger partial charge on any atom is 0.325 e. The van der Waals surface area contributed by atoms with E-state index in [0.717, 1.165) is 23.1 Å². The smallest absolute Gasteiger partial charge is 0.325 e. The molecule has 11 nitrogen and oxygen atoms in total. The first-order valence-corrected chi connectivity index (χ1v) is 20.4. The molecule has 3 amide bonds. The molecule has 3 unspecified atom stereocenters. The minimum absolute atomic E-state index is 0.0296. The van der Waals surface area contributed by atoms with E-state index in [4.69, 9.17) is 9.16 Å². The SMILES string of the molecule is C=CC1Cc2cc([C@@H](C)OC(=O)C3CCCN(C(=O)C4(NC(=O)[C@@H](NC(=O)C/C=C/C)C(C)O[Si](C)(C)C(C)(C)C)CC4)N3)ccc2C=N1. The maximum absolute atomic E-state index is 13.9. The van der Waals surface area contributed by atoms with Crippen molar-refractivity contribution in [1.29, 1.82) is 0 Å². The average molecular weight is 694 g/mol. The molecule has 1 saturated heterocycles. The van der Waals surface area contributed by atoms with Crippen LogP contribution in [0.5, 0.6) is 0 Å². The molecule has 4 rings (SSSR count). The Balaban J connectivity index is 1.40. The van der Waals surface area contributed by atoms with E-state index >= 15 is 0 Å². The summed E-state index contributed by atoms with van der Waals surface area (Å²) >= 11 is 0. The topological polar surface area (TPSA) is 138 Å². The Bertz CT molecular complexity index is 1480. The van der Waals surface area contributed by atoms with Crippen molar-refractivity contribution in [2.75, 3.05) is 6.54 Å². The largest absolute Gasteiger partial charge is 0.457 e. The Kier molecular flexibility index (Phi) is 12.1. The summed E-state index contributed by atoms with van der Waals surface area (Å²) in [5.74, 6) is -1.53. The molecule has 5 atom stereocenters. The molecule has 0 radical (unpaired) electrons. The van der Waals surface area contributed by atoms with Gasteiger partial charge in [0.25, 0.3) is 5.91 Å². The van der Waals surface area contributed by atoms with Crippen LogP contribution in [0.15, 0.2) is 48.0 Å². The first-order chi connectivity index (χ1) is 23.0. The third-order valence-corrected chi connectivity index (χ3v) is 14.7. The molecule has 1 aliphatic carbocycles. The van der Waals surface area contributed by atoms with Crippen LogP contribution in [0.2, 0.25) is 18.1 Å². The first kappa shape index (κ1) is 38.2. The number of allylic oxidation sites excluding steroid dienone is 1. The average Bonchev–Trinajstić information content (AvgIpc) is 3.84. The minimum Gasteiger partial charge on any atom is -0.457 e. The second-order valence-corrected chi connectivity index (χ2v) is 19.8. The Hall–Kier alpha value is -3.61. The Morgan fingerprint density at radius 3 is 2.55 bits per heavy atom. The third-order valence-electron chi connectivity index (χ3n) is 10.2. The van der Waals surface area contributed by atoms with Crippen molar-refractivity contribution >= 4 is 38.2 Å². The number of rotatable bonds is 13.